The van der Waals surface area contributed by atoms with Gasteiger partial charge in [-0.05, 0) is 81.7 Å². The van der Waals surface area contributed by atoms with Crippen LogP contribution in [0.4, 0.5) is 0 Å². The molecule has 4 aliphatic carbocycles. The number of piperidine rings is 1. The lowest BCUT2D eigenvalue weighted by Gasteiger charge is -2.53. The second kappa shape index (κ2) is 5.84. The van der Waals surface area contributed by atoms with Gasteiger partial charge in [-0.15, -0.1) is 12.4 Å². The van der Waals surface area contributed by atoms with Gasteiger partial charge in [0.1, 0.15) is 0 Å². The van der Waals surface area contributed by atoms with Gasteiger partial charge in [0.25, 0.3) is 0 Å². The predicted octanol–water partition coefficient (Wildman–Crippen LogP) is 2.35. The molecular formula is C16H27ClN2O. The van der Waals surface area contributed by atoms with Crippen LogP contribution in [0.2, 0.25) is 0 Å². The van der Waals surface area contributed by atoms with Gasteiger partial charge in [0, 0.05) is 12.0 Å². The average Bonchev–Trinajstić information content (AvgIpc) is 2.38. The fourth-order valence-corrected chi connectivity index (χ4v) is 5.62. The van der Waals surface area contributed by atoms with Crippen molar-refractivity contribution >= 4 is 18.3 Å². The van der Waals surface area contributed by atoms with Gasteiger partial charge in [0.05, 0.1) is 0 Å². The first-order chi connectivity index (χ1) is 9.29. The number of hydrogen-bond acceptors (Lipinski definition) is 2. The van der Waals surface area contributed by atoms with Crippen LogP contribution in [-0.4, -0.2) is 25.0 Å². The number of hydrogen-bond donors (Lipinski definition) is 2. The Morgan fingerprint density at radius 2 is 1.45 bits per heavy atom. The van der Waals surface area contributed by atoms with Gasteiger partial charge in [-0.3, -0.25) is 4.79 Å². The van der Waals surface area contributed by atoms with Crippen molar-refractivity contribution in [2.45, 2.75) is 51.0 Å². The lowest BCUT2D eigenvalue weighted by atomic mass is 9.51. The van der Waals surface area contributed by atoms with Crippen molar-refractivity contribution < 1.29 is 4.79 Å². The normalized spacial score (nSPS) is 43.1. The van der Waals surface area contributed by atoms with Gasteiger partial charge in [-0.1, -0.05) is 0 Å². The maximum atomic E-state index is 12.7. The van der Waals surface area contributed by atoms with Crippen molar-refractivity contribution in [2.24, 2.45) is 29.6 Å². The van der Waals surface area contributed by atoms with E-state index in [0.29, 0.717) is 17.9 Å². The highest BCUT2D eigenvalue weighted by atomic mass is 35.5. The van der Waals surface area contributed by atoms with Crippen LogP contribution in [0.15, 0.2) is 0 Å². The first kappa shape index (κ1) is 14.6. The molecule has 0 radical (unpaired) electrons. The molecule has 0 atom stereocenters. The Kier molecular flexibility index (Phi) is 4.28. The molecule has 1 saturated heterocycles. The molecule has 20 heavy (non-hydrogen) atoms. The number of carbonyl (C=O) groups is 1. The molecule has 5 fully saturated rings. The molecule has 2 N–H and O–H groups in total. The molecule has 114 valence electrons. The SMILES string of the molecule is Cl.O=C(NC1CCNCC1)C1C2CC3CC(C2)CC1C3. The molecule has 1 amide bonds. The smallest absolute Gasteiger partial charge is 0.223 e. The Balaban J connectivity index is 0.00000121. The lowest BCUT2D eigenvalue weighted by Crippen LogP contribution is -2.53. The summed E-state index contributed by atoms with van der Waals surface area (Å²) in [5.74, 6) is 4.13. The van der Waals surface area contributed by atoms with Crippen LogP contribution in [0, 0.1) is 29.6 Å². The molecule has 1 aliphatic heterocycles. The van der Waals surface area contributed by atoms with E-state index in [4.69, 9.17) is 0 Å². The van der Waals surface area contributed by atoms with Crippen molar-refractivity contribution in [3.05, 3.63) is 0 Å². The van der Waals surface area contributed by atoms with Crippen LogP contribution in [0.1, 0.15) is 44.9 Å². The summed E-state index contributed by atoms with van der Waals surface area (Å²) in [6.45, 7) is 2.12. The summed E-state index contributed by atoms with van der Waals surface area (Å²) in [7, 11) is 0. The molecule has 0 unspecified atom stereocenters. The maximum Gasteiger partial charge on any atom is 0.223 e. The van der Waals surface area contributed by atoms with Crippen LogP contribution in [0.5, 0.6) is 0 Å². The molecule has 1 heterocycles. The molecule has 0 spiro atoms. The second-order valence-electron chi connectivity index (χ2n) is 7.49. The van der Waals surface area contributed by atoms with Gasteiger partial charge in [0.2, 0.25) is 5.91 Å². The first-order valence-corrected chi connectivity index (χ1v) is 8.30. The van der Waals surface area contributed by atoms with E-state index in [-0.39, 0.29) is 12.4 Å². The Hall–Kier alpha value is -0.280. The van der Waals surface area contributed by atoms with E-state index in [1.807, 2.05) is 0 Å². The fraction of sp³-hybridized carbons (Fsp3) is 0.938. The van der Waals surface area contributed by atoms with Crippen molar-refractivity contribution in [3.63, 3.8) is 0 Å². The van der Waals surface area contributed by atoms with Crippen LogP contribution < -0.4 is 10.6 Å². The number of amides is 1. The molecule has 0 aromatic carbocycles. The van der Waals surface area contributed by atoms with Crippen LogP contribution in [0.25, 0.3) is 0 Å². The minimum Gasteiger partial charge on any atom is -0.353 e. The predicted molar refractivity (Wildman–Crippen MR) is 81.8 cm³/mol. The van der Waals surface area contributed by atoms with Crippen LogP contribution in [-0.2, 0) is 4.79 Å². The number of nitrogens with one attached hydrogen (secondary N) is 2. The standard InChI is InChI=1S/C16H26N2O.ClH/c19-16(18-14-1-3-17-4-2-14)15-12-6-10-5-11(8-12)9-13(15)7-10;/h10-15,17H,1-9H2,(H,18,19);1H. The Bertz CT molecular complexity index is 339. The molecule has 4 bridgehead atoms. The summed E-state index contributed by atoms with van der Waals surface area (Å²) in [6.07, 6.45) is 9.07. The number of halogens is 1. The monoisotopic (exact) mass is 298 g/mol. The van der Waals surface area contributed by atoms with Gasteiger partial charge in [-0.2, -0.15) is 0 Å². The molecule has 0 aromatic rings. The fourth-order valence-electron chi connectivity index (χ4n) is 5.62. The number of carbonyl (C=O) groups excluding carboxylic acids is 1. The van der Waals surface area contributed by atoms with E-state index in [0.717, 1.165) is 49.6 Å². The summed E-state index contributed by atoms with van der Waals surface area (Å²) in [5.41, 5.74) is 0. The van der Waals surface area contributed by atoms with E-state index in [1.165, 1.54) is 32.1 Å². The van der Waals surface area contributed by atoms with E-state index in [2.05, 4.69) is 10.6 Å². The van der Waals surface area contributed by atoms with Gasteiger partial charge in [-0.25, -0.2) is 0 Å². The summed E-state index contributed by atoms with van der Waals surface area (Å²) >= 11 is 0. The van der Waals surface area contributed by atoms with Gasteiger partial charge in [0.15, 0.2) is 0 Å². The Morgan fingerprint density at radius 1 is 0.900 bits per heavy atom. The maximum absolute atomic E-state index is 12.7. The largest absolute Gasteiger partial charge is 0.353 e. The summed E-state index contributed by atoms with van der Waals surface area (Å²) in [5, 5.41) is 6.74. The topological polar surface area (TPSA) is 41.1 Å². The third kappa shape index (κ3) is 2.59. The van der Waals surface area contributed by atoms with Crippen molar-refractivity contribution in [1.82, 2.24) is 10.6 Å². The molecule has 4 heteroatoms. The first-order valence-electron chi connectivity index (χ1n) is 8.30. The molecule has 5 aliphatic rings. The van der Waals surface area contributed by atoms with E-state index in [1.54, 1.807) is 0 Å². The average molecular weight is 299 g/mol. The third-order valence-electron chi connectivity index (χ3n) is 6.22. The molecule has 4 saturated carbocycles. The minimum atomic E-state index is 0. The zero-order valence-electron chi connectivity index (χ0n) is 12.1. The molecule has 0 aromatic heterocycles. The third-order valence-corrected chi connectivity index (χ3v) is 6.22. The summed E-state index contributed by atoms with van der Waals surface area (Å²) < 4.78 is 0. The quantitative estimate of drug-likeness (QED) is 0.822. The van der Waals surface area contributed by atoms with Gasteiger partial charge < -0.3 is 10.6 Å². The van der Waals surface area contributed by atoms with Gasteiger partial charge >= 0.3 is 0 Å². The van der Waals surface area contributed by atoms with Crippen molar-refractivity contribution in [3.8, 4) is 0 Å². The Labute approximate surface area is 128 Å². The highest BCUT2D eigenvalue weighted by molar-refractivity contribution is 5.85. The van der Waals surface area contributed by atoms with Crippen LogP contribution in [0.3, 0.4) is 0 Å². The minimum absolute atomic E-state index is 0. The zero-order chi connectivity index (χ0) is 12.8. The van der Waals surface area contributed by atoms with Crippen LogP contribution >= 0.6 is 12.4 Å². The highest BCUT2D eigenvalue weighted by Gasteiger charge is 2.50. The van der Waals surface area contributed by atoms with Crippen molar-refractivity contribution in [2.75, 3.05) is 13.1 Å². The zero-order valence-corrected chi connectivity index (χ0v) is 13.0. The van der Waals surface area contributed by atoms with E-state index in [9.17, 15) is 4.79 Å². The molecule has 5 rings (SSSR count). The van der Waals surface area contributed by atoms with E-state index >= 15 is 0 Å². The summed E-state index contributed by atoms with van der Waals surface area (Å²) in [4.78, 5) is 12.7. The van der Waals surface area contributed by atoms with Crippen molar-refractivity contribution in [1.29, 1.82) is 0 Å². The van der Waals surface area contributed by atoms with E-state index < -0.39 is 0 Å². The summed E-state index contributed by atoms with van der Waals surface area (Å²) in [6, 6.07) is 0.436. The molecular weight excluding hydrogens is 272 g/mol. The second-order valence-corrected chi connectivity index (χ2v) is 7.49. The number of rotatable bonds is 2. The lowest BCUT2D eigenvalue weighted by molar-refractivity contribution is -0.139. The highest BCUT2D eigenvalue weighted by Crippen LogP contribution is 2.56. The molecule has 3 nitrogen and oxygen atoms in total. The Morgan fingerprint density at radius 3 is 2.00 bits per heavy atom.